The summed E-state index contributed by atoms with van der Waals surface area (Å²) in [6, 6.07) is 8.74. The Morgan fingerprint density at radius 2 is 1.09 bits per heavy atom. The predicted molar refractivity (Wildman–Crippen MR) is 146 cm³/mol. The molecule has 0 atom stereocenters. The molecule has 0 fully saturated rings. The Bertz CT molecular complexity index is 778. The van der Waals surface area contributed by atoms with Gasteiger partial charge < -0.3 is 9.47 Å². The van der Waals surface area contributed by atoms with Crippen molar-refractivity contribution in [2.24, 2.45) is 0 Å². The Morgan fingerprint density at radius 1 is 0.600 bits per heavy atom. The van der Waals surface area contributed by atoms with Crippen LogP contribution in [0.5, 0.6) is 11.5 Å². The van der Waals surface area contributed by atoms with Gasteiger partial charge in [-0.05, 0) is 37.1 Å². The van der Waals surface area contributed by atoms with E-state index in [1.807, 2.05) is 18.2 Å². The fraction of sp³-hybridized carbons (Fsp3) is 0.645. The van der Waals surface area contributed by atoms with Gasteiger partial charge in [0, 0.05) is 11.6 Å². The number of hydrogen-bond acceptors (Lipinski definition) is 3. The Hall–Kier alpha value is -2.10. The molecular formula is C31H48FNO2. The molecule has 0 saturated carbocycles. The third kappa shape index (κ3) is 13.0. The third-order valence-corrected chi connectivity index (χ3v) is 6.49. The van der Waals surface area contributed by atoms with Crippen LogP contribution in [-0.4, -0.2) is 18.2 Å². The minimum Gasteiger partial charge on any atom is -0.493 e. The van der Waals surface area contributed by atoms with Gasteiger partial charge in [0.15, 0.2) is 0 Å². The fourth-order valence-corrected chi connectivity index (χ4v) is 4.27. The highest BCUT2D eigenvalue weighted by molar-refractivity contribution is 5.61. The molecule has 196 valence electrons. The molecule has 0 spiro atoms. The SMILES string of the molecule is CCCCCCCCCCCCOc1ccc(-c2ccc(OCCCCCCCC)cc2F)nc1. The van der Waals surface area contributed by atoms with E-state index in [0.717, 1.165) is 25.0 Å². The van der Waals surface area contributed by atoms with Crippen molar-refractivity contribution in [3.8, 4) is 22.8 Å². The monoisotopic (exact) mass is 485 g/mol. The van der Waals surface area contributed by atoms with E-state index in [2.05, 4.69) is 18.8 Å². The van der Waals surface area contributed by atoms with Gasteiger partial charge >= 0.3 is 0 Å². The lowest BCUT2D eigenvalue weighted by molar-refractivity contribution is 0.302. The molecule has 0 aliphatic heterocycles. The minimum absolute atomic E-state index is 0.308. The first-order chi connectivity index (χ1) is 17.2. The Kier molecular flexibility index (Phi) is 15.9. The second-order valence-electron chi connectivity index (χ2n) is 9.67. The first-order valence-corrected chi connectivity index (χ1v) is 14.3. The van der Waals surface area contributed by atoms with Crippen LogP contribution in [0, 0.1) is 5.82 Å². The third-order valence-electron chi connectivity index (χ3n) is 6.49. The second kappa shape index (κ2) is 19.1. The normalized spacial score (nSPS) is 11.1. The van der Waals surface area contributed by atoms with Crippen LogP contribution in [0.25, 0.3) is 11.3 Å². The van der Waals surface area contributed by atoms with Crippen molar-refractivity contribution in [3.05, 3.63) is 42.3 Å². The molecule has 4 heteroatoms. The van der Waals surface area contributed by atoms with Crippen LogP contribution >= 0.6 is 0 Å². The summed E-state index contributed by atoms with van der Waals surface area (Å²) in [5.74, 6) is 1.01. The number of ether oxygens (including phenoxy) is 2. The Balaban J connectivity index is 1.62. The number of hydrogen-bond donors (Lipinski definition) is 0. The topological polar surface area (TPSA) is 31.4 Å². The van der Waals surface area contributed by atoms with Gasteiger partial charge in [-0.2, -0.15) is 0 Å². The molecule has 0 aliphatic carbocycles. The number of aromatic nitrogens is 1. The zero-order valence-corrected chi connectivity index (χ0v) is 22.3. The van der Waals surface area contributed by atoms with Crippen LogP contribution in [0.3, 0.4) is 0 Å². The van der Waals surface area contributed by atoms with Gasteiger partial charge in [-0.25, -0.2) is 4.39 Å². The second-order valence-corrected chi connectivity index (χ2v) is 9.67. The van der Waals surface area contributed by atoms with Crippen LogP contribution < -0.4 is 9.47 Å². The number of unbranched alkanes of at least 4 members (excludes halogenated alkanes) is 14. The van der Waals surface area contributed by atoms with Crippen LogP contribution in [0.15, 0.2) is 36.5 Å². The van der Waals surface area contributed by atoms with E-state index in [4.69, 9.17) is 9.47 Å². The van der Waals surface area contributed by atoms with Gasteiger partial charge in [-0.15, -0.1) is 0 Å². The number of halogens is 1. The molecule has 0 amide bonds. The lowest BCUT2D eigenvalue weighted by Crippen LogP contribution is -1.99. The molecule has 0 unspecified atom stereocenters. The summed E-state index contributed by atoms with van der Waals surface area (Å²) in [6.45, 7) is 5.82. The van der Waals surface area contributed by atoms with Crippen LogP contribution in [-0.2, 0) is 0 Å². The molecule has 35 heavy (non-hydrogen) atoms. The van der Waals surface area contributed by atoms with Crippen molar-refractivity contribution in [2.45, 2.75) is 117 Å². The number of benzene rings is 1. The van der Waals surface area contributed by atoms with E-state index in [-0.39, 0.29) is 5.82 Å². The zero-order valence-electron chi connectivity index (χ0n) is 22.3. The summed E-state index contributed by atoms with van der Waals surface area (Å²) in [5.41, 5.74) is 1.09. The molecule has 2 aromatic rings. The van der Waals surface area contributed by atoms with E-state index in [1.54, 1.807) is 12.3 Å². The van der Waals surface area contributed by atoms with E-state index in [0.29, 0.717) is 30.2 Å². The molecule has 0 aliphatic rings. The summed E-state index contributed by atoms with van der Waals surface area (Å²) in [7, 11) is 0. The first-order valence-electron chi connectivity index (χ1n) is 14.3. The van der Waals surface area contributed by atoms with E-state index < -0.39 is 0 Å². The minimum atomic E-state index is -0.308. The van der Waals surface area contributed by atoms with E-state index >= 15 is 0 Å². The summed E-state index contributed by atoms with van der Waals surface area (Å²) in [6.07, 6.45) is 22.0. The summed E-state index contributed by atoms with van der Waals surface area (Å²) < 4.78 is 26.2. The largest absolute Gasteiger partial charge is 0.493 e. The molecule has 0 radical (unpaired) electrons. The number of rotatable bonds is 21. The first kappa shape index (κ1) is 29.1. The van der Waals surface area contributed by atoms with Gasteiger partial charge in [0.05, 0.1) is 25.1 Å². The van der Waals surface area contributed by atoms with Gasteiger partial charge in [-0.1, -0.05) is 104 Å². The summed E-state index contributed by atoms with van der Waals surface area (Å²) >= 11 is 0. The Labute approximate surface area is 213 Å². The molecule has 1 heterocycles. The van der Waals surface area contributed by atoms with Gasteiger partial charge in [0.1, 0.15) is 17.3 Å². The van der Waals surface area contributed by atoms with Crippen LogP contribution in [0.4, 0.5) is 4.39 Å². The van der Waals surface area contributed by atoms with Crippen molar-refractivity contribution in [1.29, 1.82) is 0 Å². The van der Waals surface area contributed by atoms with Crippen molar-refractivity contribution < 1.29 is 13.9 Å². The molecule has 0 saturated heterocycles. The lowest BCUT2D eigenvalue weighted by Gasteiger charge is -2.10. The Morgan fingerprint density at radius 3 is 1.57 bits per heavy atom. The molecule has 1 aromatic heterocycles. The smallest absolute Gasteiger partial charge is 0.137 e. The van der Waals surface area contributed by atoms with Crippen LogP contribution in [0.1, 0.15) is 117 Å². The fourth-order valence-electron chi connectivity index (χ4n) is 4.27. The van der Waals surface area contributed by atoms with Crippen molar-refractivity contribution in [2.75, 3.05) is 13.2 Å². The zero-order chi connectivity index (χ0) is 25.0. The number of pyridine rings is 1. The highest BCUT2D eigenvalue weighted by Crippen LogP contribution is 2.26. The molecule has 0 bridgehead atoms. The molecule has 0 N–H and O–H groups in total. The standard InChI is InChI=1S/C31H48FNO2/c1-3-5-7-9-11-12-13-14-16-18-24-35-28-20-22-31(33-26-28)29-21-19-27(25-30(29)32)34-23-17-15-10-8-6-4-2/h19-22,25-26H,3-18,23-24H2,1-2H3. The average molecular weight is 486 g/mol. The average Bonchev–Trinajstić information content (AvgIpc) is 2.87. The summed E-state index contributed by atoms with van der Waals surface area (Å²) in [4.78, 5) is 4.41. The van der Waals surface area contributed by atoms with Gasteiger partial charge in [0.2, 0.25) is 0 Å². The van der Waals surface area contributed by atoms with Crippen LogP contribution in [0.2, 0.25) is 0 Å². The lowest BCUT2D eigenvalue weighted by atomic mass is 10.1. The molecular weight excluding hydrogens is 437 g/mol. The quantitative estimate of drug-likeness (QED) is 0.165. The van der Waals surface area contributed by atoms with E-state index in [1.165, 1.54) is 89.5 Å². The molecule has 3 nitrogen and oxygen atoms in total. The number of nitrogens with zero attached hydrogens (tertiary/aromatic N) is 1. The maximum absolute atomic E-state index is 14.7. The molecule has 1 aromatic carbocycles. The van der Waals surface area contributed by atoms with Crippen molar-refractivity contribution in [3.63, 3.8) is 0 Å². The maximum Gasteiger partial charge on any atom is 0.137 e. The predicted octanol–water partition coefficient (Wildman–Crippen LogP) is 9.93. The maximum atomic E-state index is 14.7. The molecule has 2 rings (SSSR count). The highest BCUT2D eigenvalue weighted by atomic mass is 19.1. The van der Waals surface area contributed by atoms with Crippen molar-refractivity contribution >= 4 is 0 Å². The van der Waals surface area contributed by atoms with Gasteiger partial charge in [0.25, 0.3) is 0 Å². The van der Waals surface area contributed by atoms with E-state index in [9.17, 15) is 4.39 Å². The van der Waals surface area contributed by atoms with Gasteiger partial charge in [-0.3, -0.25) is 4.98 Å². The summed E-state index contributed by atoms with van der Waals surface area (Å²) in [5, 5.41) is 0. The van der Waals surface area contributed by atoms with Crippen molar-refractivity contribution in [1.82, 2.24) is 4.98 Å². The highest BCUT2D eigenvalue weighted by Gasteiger charge is 2.09.